The molecule has 146 valence electrons. The summed E-state index contributed by atoms with van der Waals surface area (Å²) in [5, 5.41) is 9.26. The fraction of sp³-hybridized carbons (Fsp3) is 0.889. The number of alkyl carbamates (subject to hydrolysis) is 1. The molecule has 0 aliphatic carbocycles. The predicted molar refractivity (Wildman–Crippen MR) is 97.5 cm³/mol. The van der Waals surface area contributed by atoms with Gasteiger partial charge in [-0.3, -0.25) is 4.79 Å². The Morgan fingerprint density at radius 2 is 1.72 bits per heavy atom. The van der Waals surface area contributed by atoms with E-state index in [9.17, 15) is 9.59 Å². The van der Waals surface area contributed by atoms with Gasteiger partial charge in [0.25, 0.3) is 0 Å². The molecule has 0 spiro atoms. The summed E-state index contributed by atoms with van der Waals surface area (Å²) in [7, 11) is 0. The Hall–Kier alpha value is -1.34. The Balaban J connectivity index is 0.000000257. The maximum atomic E-state index is 11.4. The van der Waals surface area contributed by atoms with Gasteiger partial charge in [0.2, 0.25) is 0 Å². The lowest BCUT2D eigenvalue weighted by atomic mass is 10.0. The molecule has 25 heavy (non-hydrogen) atoms. The largest absolute Gasteiger partial charge is 0.466 e. The molecule has 2 unspecified atom stereocenters. The van der Waals surface area contributed by atoms with E-state index in [1.807, 2.05) is 27.7 Å². The molecule has 2 aliphatic heterocycles. The molecule has 0 aromatic heterocycles. The van der Waals surface area contributed by atoms with Crippen molar-refractivity contribution in [3.8, 4) is 0 Å². The highest BCUT2D eigenvalue weighted by Crippen LogP contribution is 2.11. The van der Waals surface area contributed by atoms with E-state index in [1.165, 1.54) is 0 Å². The van der Waals surface area contributed by atoms with Crippen molar-refractivity contribution in [1.29, 1.82) is 0 Å². The molecule has 2 atom stereocenters. The van der Waals surface area contributed by atoms with Gasteiger partial charge in [0.15, 0.2) is 0 Å². The van der Waals surface area contributed by atoms with E-state index in [0.717, 1.165) is 51.9 Å². The summed E-state index contributed by atoms with van der Waals surface area (Å²) in [6.07, 6.45) is 3.90. The fourth-order valence-corrected chi connectivity index (χ4v) is 2.76. The average molecular weight is 357 g/mol. The molecule has 2 rings (SSSR count). The molecule has 7 nitrogen and oxygen atoms in total. The van der Waals surface area contributed by atoms with Crippen LogP contribution in [0.5, 0.6) is 0 Å². The lowest BCUT2D eigenvalue weighted by Gasteiger charge is -2.26. The first-order valence-electron chi connectivity index (χ1n) is 9.39. The highest BCUT2D eigenvalue weighted by Gasteiger charge is 2.21. The van der Waals surface area contributed by atoms with Crippen molar-refractivity contribution in [3.63, 3.8) is 0 Å². The third kappa shape index (κ3) is 10.3. The molecule has 0 radical (unpaired) electrons. The minimum atomic E-state index is -0.411. The van der Waals surface area contributed by atoms with Crippen molar-refractivity contribution in [2.45, 2.75) is 65.0 Å². The number of amides is 1. The average Bonchev–Trinajstić information content (AvgIpc) is 2.55. The highest BCUT2D eigenvalue weighted by molar-refractivity contribution is 5.72. The van der Waals surface area contributed by atoms with E-state index >= 15 is 0 Å². The van der Waals surface area contributed by atoms with E-state index < -0.39 is 5.60 Å². The Kier molecular flexibility index (Phi) is 9.82. The van der Waals surface area contributed by atoms with Gasteiger partial charge in [-0.25, -0.2) is 4.79 Å². The van der Waals surface area contributed by atoms with Gasteiger partial charge < -0.3 is 25.4 Å². The van der Waals surface area contributed by atoms with Crippen LogP contribution in [0.25, 0.3) is 0 Å². The van der Waals surface area contributed by atoms with E-state index in [2.05, 4.69) is 16.0 Å². The fourth-order valence-electron chi connectivity index (χ4n) is 2.76. The van der Waals surface area contributed by atoms with Crippen LogP contribution >= 0.6 is 0 Å². The molecule has 2 heterocycles. The molecule has 2 fully saturated rings. The number of hydrogen-bond donors (Lipinski definition) is 3. The lowest BCUT2D eigenvalue weighted by molar-refractivity contribution is -0.148. The first-order valence-corrected chi connectivity index (χ1v) is 9.39. The number of hydrogen-bond acceptors (Lipinski definition) is 6. The molecular formula is C18H35N3O4. The van der Waals surface area contributed by atoms with Crippen LogP contribution in [0.4, 0.5) is 4.79 Å². The van der Waals surface area contributed by atoms with Crippen molar-refractivity contribution >= 4 is 12.1 Å². The third-order valence-electron chi connectivity index (χ3n) is 3.93. The normalized spacial score (nSPS) is 23.7. The Labute approximate surface area is 151 Å². The van der Waals surface area contributed by atoms with Gasteiger partial charge in [-0.1, -0.05) is 0 Å². The molecule has 2 aliphatic rings. The van der Waals surface area contributed by atoms with Crippen LogP contribution in [0.2, 0.25) is 0 Å². The third-order valence-corrected chi connectivity index (χ3v) is 3.93. The van der Waals surface area contributed by atoms with Gasteiger partial charge in [-0.2, -0.15) is 0 Å². The van der Waals surface area contributed by atoms with E-state index in [0.29, 0.717) is 6.61 Å². The minimum Gasteiger partial charge on any atom is -0.466 e. The Bertz CT molecular complexity index is 398. The van der Waals surface area contributed by atoms with Crippen LogP contribution in [0, 0.1) is 5.92 Å². The lowest BCUT2D eigenvalue weighted by Crippen LogP contribution is -2.47. The van der Waals surface area contributed by atoms with Crippen LogP contribution in [0.3, 0.4) is 0 Å². The molecule has 0 aromatic rings. The van der Waals surface area contributed by atoms with Gasteiger partial charge in [-0.15, -0.1) is 0 Å². The van der Waals surface area contributed by atoms with Crippen molar-refractivity contribution in [2.24, 2.45) is 5.92 Å². The van der Waals surface area contributed by atoms with Crippen molar-refractivity contribution in [3.05, 3.63) is 0 Å². The Morgan fingerprint density at radius 3 is 2.20 bits per heavy atom. The second-order valence-corrected chi connectivity index (χ2v) is 7.48. The summed E-state index contributed by atoms with van der Waals surface area (Å²) in [6.45, 7) is 11.7. The molecule has 0 bridgehead atoms. The summed E-state index contributed by atoms with van der Waals surface area (Å²) in [6, 6.07) is 0.221. The number of carbonyl (C=O) groups excluding carboxylic acids is 2. The monoisotopic (exact) mass is 357 g/mol. The van der Waals surface area contributed by atoms with Crippen molar-refractivity contribution in [2.75, 3.05) is 32.8 Å². The number of ether oxygens (including phenoxy) is 2. The number of nitrogens with one attached hydrogen (secondary N) is 3. The number of carbonyl (C=O) groups is 2. The Morgan fingerprint density at radius 1 is 1.08 bits per heavy atom. The van der Waals surface area contributed by atoms with Gasteiger partial charge in [-0.05, 0) is 66.5 Å². The number of esters is 1. The summed E-state index contributed by atoms with van der Waals surface area (Å²) < 4.78 is 10.1. The van der Waals surface area contributed by atoms with E-state index in [1.54, 1.807) is 0 Å². The SMILES string of the molecule is CC(C)(C)OC(=O)NC1CCCNC1.CCOC(=O)C1CCCNC1. The van der Waals surface area contributed by atoms with Gasteiger partial charge in [0.1, 0.15) is 5.60 Å². The van der Waals surface area contributed by atoms with Crippen LogP contribution in [0.15, 0.2) is 0 Å². The van der Waals surface area contributed by atoms with Crippen molar-refractivity contribution < 1.29 is 19.1 Å². The topological polar surface area (TPSA) is 88.7 Å². The van der Waals surface area contributed by atoms with Crippen LogP contribution in [-0.4, -0.2) is 56.5 Å². The zero-order valence-corrected chi connectivity index (χ0v) is 16.2. The second-order valence-electron chi connectivity index (χ2n) is 7.48. The summed E-state index contributed by atoms with van der Waals surface area (Å²) in [5.41, 5.74) is -0.411. The molecule has 2 saturated heterocycles. The summed E-state index contributed by atoms with van der Waals surface area (Å²) in [5.74, 6) is 0.0587. The number of piperidine rings is 2. The smallest absolute Gasteiger partial charge is 0.407 e. The molecule has 1 amide bonds. The molecule has 0 saturated carbocycles. The first kappa shape index (κ1) is 21.7. The van der Waals surface area contributed by atoms with Gasteiger partial charge >= 0.3 is 12.1 Å². The quantitative estimate of drug-likeness (QED) is 0.668. The zero-order valence-electron chi connectivity index (χ0n) is 16.2. The maximum absolute atomic E-state index is 11.4. The summed E-state index contributed by atoms with van der Waals surface area (Å²) >= 11 is 0. The van der Waals surface area contributed by atoms with Crippen molar-refractivity contribution in [1.82, 2.24) is 16.0 Å². The maximum Gasteiger partial charge on any atom is 0.407 e. The first-order chi connectivity index (χ1) is 11.8. The predicted octanol–water partition coefficient (Wildman–Crippen LogP) is 1.81. The van der Waals surface area contributed by atoms with E-state index in [-0.39, 0.29) is 24.0 Å². The van der Waals surface area contributed by atoms with E-state index in [4.69, 9.17) is 9.47 Å². The molecular weight excluding hydrogens is 322 g/mol. The standard InChI is InChI=1S/C10H20N2O2.C8H15NO2/c1-10(2,3)14-9(13)12-8-5-4-6-11-7-8;1-2-11-8(10)7-4-3-5-9-6-7/h8,11H,4-7H2,1-3H3,(H,12,13);7,9H,2-6H2,1H3. The van der Waals surface area contributed by atoms with Crippen LogP contribution in [0.1, 0.15) is 53.4 Å². The highest BCUT2D eigenvalue weighted by atomic mass is 16.6. The van der Waals surface area contributed by atoms with Gasteiger partial charge in [0.05, 0.1) is 12.5 Å². The second kappa shape index (κ2) is 11.3. The minimum absolute atomic E-state index is 0.0419. The molecule has 0 aromatic carbocycles. The molecule has 3 N–H and O–H groups in total. The number of rotatable bonds is 3. The van der Waals surface area contributed by atoms with Gasteiger partial charge in [0, 0.05) is 19.1 Å². The zero-order chi connectivity index (χ0) is 18.7. The summed E-state index contributed by atoms with van der Waals surface area (Å²) in [4.78, 5) is 22.5. The van der Waals surface area contributed by atoms with Crippen LogP contribution in [-0.2, 0) is 14.3 Å². The van der Waals surface area contributed by atoms with Crippen LogP contribution < -0.4 is 16.0 Å². The molecule has 7 heteroatoms.